The van der Waals surface area contributed by atoms with Crippen molar-refractivity contribution in [2.24, 2.45) is 11.7 Å². The minimum Gasteiger partial charge on any atom is -0.329 e. The van der Waals surface area contributed by atoms with Gasteiger partial charge in [0.25, 0.3) is 0 Å². The Hall–Kier alpha value is -1.04. The van der Waals surface area contributed by atoms with Crippen molar-refractivity contribution in [3.05, 3.63) is 35.4 Å². The largest absolute Gasteiger partial charge is 0.329 e. The van der Waals surface area contributed by atoms with E-state index in [9.17, 15) is 8.78 Å². The van der Waals surface area contributed by atoms with Gasteiger partial charge in [-0.3, -0.25) is 4.90 Å². The summed E-state index contributed by atoms with van der Waals surface area (Å²) in [6.45, 7) is 9.12. The van der Waals surface area contributed by atoms with Gasteiger partial charge in [-0.05, 0) is 18.1 Å². The molecule has 21 heavy (non-hydrogen) atoms. The molecule has 1 fully saturated rings. The number of hydrogen-bond donors (Lipinski definition) is 1. The Labute approximate surface area is 125 Å². The molecule has 0 aromatic heterocycles. The van der Waals surface area contributed by atoms with Crippen molar-refractivity contribution < 1.29 is 8.78 Å². The molecule has 1 aliphatic heterocycles. The van der Waals surface area contributed by atoms with Crippen molar-refractivity contribution >= 4 is 0 Å². The predicted octanol–water partition coefficient (Wildman–Crippen LogP) is 2.24. The molecule has 0 saturated carbocycles. The van der Waals surface area contributed by atoms with Gasteiger partial charge >= 0.3 is 0 Å². The normalized spacial score (nSPS) is 19.1. The maximum Gasteiger partial charge on any atom is 0.130 e. The van der Waals surface area contributed by atoms with E-state index in [1.165, 1.54) is 18.2 Å². The van der Waals surface area contributed by atoms with Crippen LogP contribution in [0.15, 0.2) is 18.2 Å². The maximum absolute atomic E-state index is 14.0. The van der Waals surface area contributed by atoms with Crippen LogP contribution in [0.1, 0.15) is 25.5 Å². The summed E-state index contributed by atoms with van der Waals surface area (Å²) in [7, 11) is 0. The second-order valence-electron chi connectivity index (χ2n) is 6.12. The molecule has 1 aliphatic rings. The molecule has 2 rings (SSSR count). The Bertz CT molecular complexity index is 437. The van der Waals surface area contributed by atoms with Crippen LogP contribution in [0.4, 0.5) is 8.78 Å². The van der Waals surface area contributed by atoms with E-state index in [4.69, 9.17) is 5.73 Å². The summed E-state index contributed by atoms with van der Waals surface area (Å²) in [6.07, 6.45) is 0. The minimum atomic E-state index is -0.505. The third-order valence-corrected chi connectivity index (χ3v) is 4.03. The first-order chi connectivity index (χ1) is 10.0. The molecule has 0 spiro atoms. The molecule has 1 aromatic rings. The van der Waals surface area contributed by atoms with Gasteiger partial charge in [0, 0.05) is 44.8 Å². The summed E-state index contributed by atoms with van der Waals surface area (Å²) in [5, 5.41) is 0. The average molecular weight is 297 g/mol. The van der Waals surface area contributed by atoms with Gasteiger partial charge in [0.05, 0.1) is 6.04 Å². The van der Waals surface area contributed by atoms with Crippen LogP contribution >= 0.6 is 0 Å². The summed E-state index contributed by atoms with van der Waals surface area (Å²) in [6, 6.07) is 3.61. The van der Waals surface area contributed by atoms with Crippen molar-refractivity contribution in [3.8, 4) is 0 Å². The van der Waals surface area contributed by atoms with Gasteiger partial charge in [-0.1, -0.05) is 19.9 Å². The van der Waals surface area contributed by atoms with Crippen LogP contribution in [0, 0.1) is 17.6 Å². The van der Waals surface area contributed by atoms with E-state index in [2.05, 4.69) is 23.6 Å². The van der Waals surface area contributed by atoms with Crippen LogP contribution in [0.2, 0.25) is 0 Å². The van der Waals surface area contributed by atoms with Crippen LogP contribution in [0.25, 0.3) is 0 Å². The third kappa shape index (κ3) is 3.99. The molecule has 0 radical (unpaired) electrons. The summed E-state index contributed by atoms with van der Waals surface area (Å²) in [5.74, 6) is -0.379. The second kappa shape index (κ2) is 7.29. The molecule has 2 N–H and O–H groups in total. The Morgan fingerprint density at radius 2 is 1.67 bits per heavy atom. The maximum atomic E-state index is 14.0. The van der Waals surface area contributed by atoms with Gasteiger partial charge in [0.1, 0.15) is 11.6 Å². The van der Waals surface area contributed by atoms with E-state index < -0.39 is 11.6 Å². The number of halogens is 2. The highest BCUT2D eigenvalue weighted by molar-refractivity contribution is 5.24. The van der Waals surface area contributed by atoms with E-state index >= 15 is 0 Å². The van der Waals surface area contributed by atoms with Gasteiger partial charge in [-0.2, -0.15) is 0 Å². The lowest BCUT2D eigenvalue weighted by Gasteiger charge is -2.39. The van der Waals surface area contributed by atoms with Crippen molar-refractivity contribution in [1.29, 1.82) is 0 Å². The van der Waals surface area contributed by atoms with Crippen molar-refractivity contribution in [2.75, 3.05) is 39.3 Å². The van der Waals surface area contributed by atoms with Gasteiger partial charge in [-0.25, -0.2) is 8.78 Å². The van der Waals surface area contributed by atoms with E-state index in [0.717, 1.165) is 32.7 Å². The highest BCUT2D eigenvalue weighted by Gasteiger charge is 2.28. The first-order valence-electron chi connectivity index (χ1n) is 7.63. The van der Waals surface area contributed by atoms with E-state index in [1.807, 2.05) is 0 Å². The molecule has 5 heteroatoms. The lowest BCUT2D eigenvalue weighted by Crippen LogP contribution is -2.50. The monoisotopic (exact) mass is 297 g/mol. The number of nitrogens with zero attached hydrogens (tertiary/aromatic N) is 2. The zero-order chi connectivity index (χ0) is 15.4. The van der Waals surface area contributed by atoms with Gasteiger partial charge in [0.2, 0.25) is 0 Å². The second-order valence-corrected chi connectivity index (χ2v) is 6.12. The fraction of sp³-hybridized carbons (Fsp3) is 0.625. The minimum absolute atomic E-state index is 0.109. The molecule has 1 atom stereocenters. The summed E-state index contributed by atoms with van der Waals surface area (Å²) >= 11 is 0. The number of benzene rings is 1. The van der Waals surface area contributed by atoms with Crippen LogP contribution in [0.3, 0.4) is 0 Å². The van der Waals surface area contributed by atoms with Gasteiger partial charge in [0.15, 0.2) is 0 Å². The van der Waals surface area contributed by atoms with Crippen LogP contribution in [-0.2, 0) is 0 Å². The fourth-order valence-electron chi connectivity index (χ4n) is 3.05. The van der Waals surface area contributed by atoms with E-state index in [1.54, 1.807) is 0 Å². The Balaban J connectivity index is 2.06. The Kier molecular flexibility index (Phi) is 5.67. The van der Waals surface area contributed by atoms with Crippen molar-refractivity contribution in [1.82, 2.24) is 9.80 Å². The number of nitrogens with two attached hydrogens (primary N) is 1. The molecular formula is C16H25F2N3. The third-order valence-electron chi connectivity index (χ3n) is 4.03. The number of hydrogen-bond acceptors (Lipinski definition) is 3. The SMILES string of the molecule is CC(C)CN1CCN(C(CN)c2c(F)cccc2F)CC1. The lowest BCUT2D eigenvalue weighted by molar-refractivity contribution is 0.0885. The van der Waals surface area contributed by atoms with Crippen LogP contribution < -0.4 is 5.73 Å². The number of rotatable bonds is 5. The molecule has 0 aliphatic carbocycles. The molecule has 3 nitrogen and oxygen atoms in total. The zero-order valence-electron chi connectivity index (χ0n) is 12.9. The summed E-state index contributed by atoms with van der Waals surface area (Å²) < 4.78 is 27.9. The van der Waals surface area contributed by atoms with Gasteiger partial charge < -0.3 is 10.6 Å². The first kappa shape index (κ1) is 16.3. The molecule has 1 unspecified atom stereocenters. The number of piperazine rings is 1. The van der Waals surface area contributed by atoms with Crippen molar-refractivity contribution in [2.45, 2.75) is 19.9 Å². The standard InChI is InChI=1S/C16H25F2N3/c1-12(2)11-20-6-8-21(9-7-20)15(10-19)16-13(17)4-3-5-14(16)18/h3-5,12,15H,6-11,19H2,1-2H3. The van der Waals surface area contributed by atoms with E-state index in [-0.39, 0.29) is 18.2 Å². The Morgan fingerprint density at radius 3 is 2.14 bits per heavy atom. The molecule has 1 saturated heterocycles. The fourth-order valence-corrected chi connectivity index (χ4v) is 3.05. The summed E-state index contributed by atoms with van der Waals surface area (Å²) in [5.41, 5.74) is 5.91. The van der Waals surface area contributed by atoms with Crippen LogP contribution in [-0.4, -0.2) is 49.1 Å². The Morgan fingerprint density at radius 1 is 1.10 bits per heavy atom. The van der Waals surface area contributed by atoms with Crippen LogP contribution in [0.5, 0.6) is 0 Å². The van der Waals surface area contributed by atoms with Crippen molar-refractivity contribution in [3.63, 3.8) is 0 Å². The summed E-state index contributed by atoms with van der Waals surface area (Å²) in [4.78, 5) is 4.49. The zero-order valence-corrected chi connectivity index (χ0v) is 12.9. The first-order valence-corrected chi connectivity index (χ1v) is 7.63. The highest BCUT2D eigenvalue weighted by Crippen LogP contribution is 2.26. The highest BCUT2D eigenvalue weighted by atomic mass is 19.1. The predicted molar refractivity (Wildman–Crippen MR) is 81.0 cm³/mol. The van der Waals surface area contributed by atoms with E-state index in [0.29, 0.717) is 5.92 Å². The smallest absolute Gasteiger partial charge is 0.130 e. The topological polar surface area (TPSA) is 32.5 Å². The molecule has 1 heterocycles. The molecular weight excluding hydrogens is 272 g/mol. The lowest BCUT2D eigenvalue weighted by atomic mass is 10.0. The molecule has 118 valence electrons. The quantitative estimate of drug-likeness (QED) is 0.904. The molecule has 1 aromatic carbocycles. The molecule has 0 amide bonds. The average Bonchev–Trinajstić information content (AvgIpc) is 2.44. The molecule has 0 bridgehead atoms. The van der Waals surface area contributed by atoms with Gasteiger partial charge in [-0.15, -0.1) is 0 Å².